The fraction of sp³-hybridized carbons (Fsp3) is 0.769. The molecule has 0 aromatic carbocycles. The van der Waals surface area contributed by atoms with Crippen LogP contribution in [0.3, 0.4) is 0 Å². The van der Waals surface area contributed by atoms with Crippen LogP contribution in [0.2, 0.25) is 0 Å². The highest BCUT2D eigenvalue weighted by atomic mass is 15.2. The van der Waals surface area contributed by atoms with E-state index in [2.05, 4.69) is 35.6 Å². The standard InChI is InChI=1S/C13H23N3/c1-10(2)16-9-8-14-13(16)15-11(3)12-6-4-5-7-12/h8-12H,4-7H2,1-3H3,(H,14,15). The van der Waals surface area contributed by atoms with Crippen molar-refractivity contribution in [2.45, 2.75) is 58.5 Å². The van der Waals surface area contributed by atoms with Gasteiger partial charge in [-0.05, 0) is 39.5 Å². The first-order chi connectivity index (χ1) is 7.68. The fourth-order valence-corrected chi connectivity index (χ4v) is 2.62. The van der Waals surface area contributed by atoms with Gasteiger partial charge in [-0.3, -0.25) is 0 Å². The molecular weight excluding hydrogens is 198 g/mol. The first kappa shape index (κ1) is 11.5. The summed E-state index contributed by atoms with van der Waals surface area (Å²) in [5.74, 6) is 1.85. The molecule has 1 aromatic heterocycles. The normalized spacial score (nSPS) is 19.2. The van der Waals surface area contributed by atoms with Crippen molar-refractivity contribution in [3.63, 3.8) is 0 Å². The zero-order chi connectivity index (χ0) is 11.5. The molecule has 1 heterocycles. The Hall–Kier alpha value is -0.990. The highest BCUT2D eigenvalue weighted by Crippen LogP contribution is 2.29. The minimum atomic E-state index is 0.473. The molecule has 1 unspecified atom stereocenters. The summed E-state index contributed by atoms with van der Waals surface area (Å²) in [5.41, 5.74) is 0. The smallest absolute Gasteiger partial charge is 0.203 e. The molecule has 1 aliphatic carbocycles. The minimum absolute atomic E-state index is 0.473. The van der Waals surface area contributed by atoms with Gasteiger partial charge in [-0.25, -0.2) is 4.98 Å². The van der Waals surface area contributed by atoms with Gasteiger partial charge in [0.25, 0.3) is 0 Å². The van der Waals surface area contributed by atoms with Crippen molar-refractivity contribution < 1.29 is 0 Å². The van der Waals surface area contributed by atoms with Gasteiger partial charge in [-0.2, -0.15) is 0 Å². The van der Waals surface area contributed by atoms with Crippen LogP contribution in [0, 0.1) is 5.92 Å². The van der Waals surface area contributed by atoms with Crippen LogP contribution < -0.4 is 5.32 Å². The number of aromatic nitrogens is 2. The summed E-state index contributed by atoms with van der Waals surface area (Å²) >= 11 is 0. The average molecular weight is 221 g/mol. The molecule has 1 N–H and O–H groups in total. The van der Waals surface area contributed by atoms with Gasteiger partial charge in [-0.1, -0.05) is 12.8 Å². The number of nitrogens with one attached hydrogen (secondary N) is 1. The van der Waals surface area contributed by atoms with Gasteiger partial charge in [0.1, 0.15) is 0 Å². The molecule has 2 rings (SSSR count). The minimum Gasteiger partial charge on any atom is -0.353 e. The van der Waals surface area contributed by atoms with Crippen LogP contribution in [-0.4, -0.2) is 15.6 Å². The second-order valence-electron chi connectivity index (χ2n) is 5.23. The van der Waals surface area contributed by atoms with E-state index in [9.17, 15) is 0 Å². The van der Waals surface area contributed by atoms with Crippen LogP contribution >= 0.6 is 0 Å². The first-order valence-corrected chi connectivity index (χ1v) is 6.48. The van der Waals surface area contributed by atoms with E-state index in [1.165, 1.54) is 25.7 Å². The monoisotopic (exact) mass is 221 g/mol. The number of rotatable bonds is 4. The molecule has 0 aliphatic heterocycles. The Kier molecular flexibility index (Phi) is 3.52. The topological polar surface area (TPSA) is 29.9 Å². The summed E-state index contributed by atoms with van der Waals surface area (Å²) in [4.78, 5) is 4.40. The zero-order valence-corrected chi connectivity index (χ0v) is 10.6. The molecule has 0 spiro atoms. The van der Waals surface area contributed by atoms with Crippen molar-refractivity contribution >= 4 is 5.95 Å². The van der Waals surface area contributed by atoms with Gasteiger partial charge in [0.2, 0.25) is 5.95 Å². The van der Waals surface area contributed by atoms with Gasteiger partial charge in [0.05, 0.1) is 0 Å². The highest BCUT2D eigenvalue weighted by molar-refractivity contribution is 5.28. The second-order valence-corrected chi connectivity index (χ2v) is 5.23. The Balaban J connectivity index is 1.99. The van der Waals surface area contributed by atoms with Gasteiger partial charge in [0, 0.05) is 24.5 Å². The molecule has 0 amide bonds. The molecule has 1 aliphatic rings. The van der Waals surface area contributed by atoms with Crippen molar-refractivity contribution in [3.8, 4) is 0 Å². The van der Waals surface area contributed by atoms with E-state index in [1.807, 2.05) is 12.4 Å². The Bertz CT molecular complexity index is 324. The van der Waals surface area contributed by atoms with Gasteiger partial charge >= 0.3 is 0 Å². The Labute approximate surface area is 98.3 Å². The van der Waals surface area contributed by atoms with Crippen LogP contribution in [0.5, 0.6) is 0 Å². The van der Waals surface area contributed by atoms with Crippen molar-refractivity contribution in [3.05, 3.63) is 12.4 Å². The van der Waals surface area contributed by atoms with Crippen molar-refractivity contribution in [2.75, 3.05) is 5.32 Å². The van der Waals surface area contributed by atoms with Gasteiger partial charge in [0.15, 0.2) is 0 Å². The third-order valence-electron chi connectivity index (χ3n) is 3.69. The van der Waals surface area contributed by atoms with Crippen molar-refractivity contribution in [1.82, 2.24) is 9.55 Å². The van der Waals surface area contributed by atoms with Crippen LogP contribution in [0.4, 0.5) is 5.95 Å². The molecule has 0 saturated heterocycles. The zero-order valence-electron chi connectivity index (χ0n) is 10.6. The fourth-order valence-electron chi connectivity index (χ4n) is 2.62. The Morgan fingerprint density at radius 2 is 2.00 bits per heavy atom. The number of hydrogen-bond acceptors (Lipinski definition) is 2. The lowest BCUT2D eigenvalue weighted by atomic mass is 10.0. The number of anilines is 1. The molecular formula is C13H23N3. The summed E-state index contributed by atoms with van der Waals surface area (Å²) in [6.45, 7) is 6.66. The van der Waals surface area contributed by atoms with Crippen molar-refractivity contribution in [1.29, 1.82) is 0 Å². The number of nitrogens with zero attached hydrogens (tertiary/aromatic N) is 2. The maximum atomic E-state index is 4.40. The quantitative estimate of drug-likeness (QED) is 0.844. The predicted molar refractivity (Wildman–Crippen MR) is 67.7 cm³/mol. The molecule has 0 radical (unpaired) electrons. The predicted octanol–water partition coefficient (Wildman–Crippen LogP) is 3.45. The summed E-state index contributed by atoms with van der Waals surface area (Å²) in [7, 11) is 0. The molecule has 0 bridgehead atoms. The molecule has 1 aromatic rings. The number of imidazole rings is 1. The van der Waals surface area contributed by atoms with E-state index in [0.717, 1.165) is 11.9 Å². The van der Waals surface area contributed by atoms with E-state index >= 15 is 0 Å². The largest absolute Gasteiger partial charge is 0.353 e. The Morgan fingerprint density at radius 3 is 2.62 bits per heavy atom. The summed E-state index contributed by atoms with van der Waals surface area (Å²) in [6, 6.07) is 1.02. The summed E-state index contributed by atoms with van der Waals surface area (Å²) in [6.07, 6.45) is 9.47. The molecule has 1 saturated carbocycles. The molecule has 3 nitrogen and oxygen atoms in total. The lowest BCUT2D eigenvalue weighted by Crippen LogP contribution is -2.26. The summed E-state index contributed by atoms with van der Waals surface area (Å²) in [5, 5.41) is 3.57. The van der Waals surface area contributed by atoms with Gasteiger partial charge < -0.3 is 9.88 Å². The van der Waals surface area contributed by atoms with E-state index in [-0.39, 0.29) is 0 Å². The third-order valence-corrected chi connectivity index (χ3v) is 3.69. The maximum Gasteiger partial charge on any atom is 0.203 e. The van der Waals surface area contributed by atoms with Crippen LogP contribution in [0.1, 0.15) is 52.5 Å². The van der Waals surface area contributed by atoms with Crippen molar-refractivity contribution in [2.24, 2.45) is 5.92 Å². The van der Waals surface area contributed by atoms with E-state index < -0.39 is 0 Å². The third kappa shape index (κ3) is 2.39. The average Bonchev–Trinajstić information content (AvgIpc) is 2.86. The lowest BCUT2D eigenvalue weighted by Gasteiger charge is -2.22. The highest BCUT2D eigenvalue weighted by Gasteiger charge is 2.22. The second kappa shape index (κ2) is 4.89. The molecule has 3 heteroatoms. The maximum absolute atomic E-state index is 4.40. The van der Waals surface area contributed by atoms with E-state index in [1.54, 1.807) is 0 Å². The van der Waals surface area contributed by atoms with Crippen LogP contribution in [0.15, 0.2) is 12.4 Å². The van der Waals surface area contributed by atoms with Crippen LogP contribution in [-0.2, 0) is 0 Å². The Morgan fingerprint density at radius 1 is 1.31 bits per heavy atom. The molecule has 1 fully saturated rings. The van der Waals surface area contributed by atoms with E-state index in [4.69, 9.17) is 0 Å². The number of hydrogen-bond donors (Lipinski definition) is 1. The van der Waals surface area contributed by atoms with Gasteiger partial charge in [-0.15, -0.1) is 0 Å². The molecule has 16 heavy (non-hydrogen) atoms. The lowest BCUT2D eigenvalue weighted by molar-refractivity contribution is 0.475. The molecule has 1 atom stereocenters. The summed E-state index contributed by atoms with van der Waals surface area (Å²) < 4.78 is 2.20. The van der Waals surface area contributed by atoms with Crippen LogP contribution in [0.25, 0.3) is 0 Å². The first-order valence-electron chi connectivity index (χ1n) is 6.48. The van der Waals surface area contributed by atoms with E-state index in [0.29, 0.717) is 12.1 Å². The molecule has 90 valence electrons. The SMILES string of the molecule is CC(Nc1nccn1C(C)C)C1CCCC1.